The summed E-state index contributed by atoms with van der Waals surface area (Å²) in [6.07, 6.45) is 1.93. The van der Waals surface area contributed by atoms with Crippen molar-refractivity contribution in [2.75, 3.05) is 0 Å². The van der Waals surface area contributed by atoms with E-state index in [1.54, 1.807) is 11.3 Å². The molecule has 0 spiro atoms. The van der Waals surface area contributed by atoms with Gasteiger partial charge in [0.15, 0.2) is 0 Å². The zero-order valence-corrected chi connectivity index (χ0v) is 29.6. The Balaban J connectivity index is 1.00. The maximum Gasteiger partial charge on any atom is 0.143 e. The molecule has 0 aliphatic heterocycles. The largest absolute Gasteiger partial charge is 0.243 e. The van der Waals surface area contributed by atoms with Crippen LogP contribution in [0.5, 0.6) is 0 Å². The van der Waals surface area contributed by atoms with Gasteiger partial charge in [0.25, 0.3) is 0 Å². The van der Waals surface area contributed by atoms with Gasteiger partial charge in [-0.1, -0.05) is 127 Å². The molecule has 11 rings (SSSR count). The molecule has 7 aromatic carbocycles. The van der Waals surface area contributed by atoms with Crippen LogP contribution in [0.1, 0.15) is 0 Å². The first kappa shape index (κ1) is 29.1. The van der Waals surface area contributed by atoms with Gasteiger partial charge in [0, 0.05) is 56.0 Å². The van der Waals surface area contributed by atoms with Crippen LogP contribution in [0.25, 0.3) is 105 Å². The maximum absolute atomic E-state index is 5.27. The standard InChI is InChI=1S/C46H26N2S3/c1-3-22-40-34(14-1)36-19-7-16-31(43(36)49-40)27-10-5-11-28(24-27)33-18-9-21-38-42-46(51-45(33)38)47-26-39(48-42)30-13-6-12-29(25-30)32-17-8-20-37-35-15-2-4-23-41(35)50-44(32)37/h1-26H. The van der Waals surface area contributed by atoms with Crippen LogP contribution in [0.2, 0.25) is 0 Å². The molecule has 4 aromatic heterocycles. The highest BCUT2D eigenvalue weighted by molar-refractivity contribution is 7.27. The molecule has 238 valence electrons. The Kier molecular flexibility index (Phi) is 6.50. The highest BCUT2D eigenvalue weighted by Gasteiger charge is 2.17. The van der Waals surface area contributed by atoms with Crippen molar-refractivity contribution in [2.24, 2.45) is 0 Å². The number of aromatic nitrogens is 2. The summed E-state index contributed by atoms with van der Waals surface area (Å²) in [4.78, 5) is 11.2. The van der Waals surface area contributed by atoms with Gasteiger partial charge in [0.1, 0.15) is 10.3 Å². The molecular formula is C46H26N2S3. The third-order valence-corrected chi connectivity index (χ3v) is 13.5. The van der Waals surface area contributed by atoms with E-state index in [9.17, 15) is 0 Å². The molecule has 5 heteroatoms. The number of hydrogen-bond donors (Lipinski definition) is 0. The number of thiophene rings is 3. The van der Waals surface area contributed by atoms with Gasteiger partial charge in [-0.25, -0.2) is 9.97 Å². The molecule has 0 radical (unpaired) electrons. The molecule has 0 saturated heterocycles. The Morgan fingerprint density at radius 3 is 1.41 bits per heavy atom. The zero-order valence-electron chi connectivity index (χ0n) is 27.1. The molecule has 0 saturated carbocycles. The summed E-state index contributed by atoms with van der Waals surface area (Å²) in [7, 11) is 0. The third-order valence-electron chi connectivity index (χ3n) is 9.97. The van der Waals surface area contributed by atoms with Crippen LogP contribution in [-0.2, 0) is 0 Å². The minimum atomic E-state index is 0.886. The minimum absolute atomic E-state index is 0.886. The molecule has 0 fully saturated rings. The Morgan fingerprint density at radius 1 is 0.373 bits per heavy atom. The van der Waals surface area contributed by atoms with E-state index in [4.69, 9.17) is 9.97 Å². The van der Waals surface area contributed by atoms with E-state index < -0.39 is 0 Å². The summed E-state index contributed by atoms with van der Waals surface area (Å²) < 4.78 is 6.51. The van der Waals surface area contributed by atoms with E-state index in [0.29, 0.717) is 0 Å². The van der Waals surface area contributed by atoms with Gasteiger partial charge in [-0.2, -0.15) is 0 Å². The maximum atomic E-state index is 5.27. The van der Waals surface area contributed by atoms with E-state index in [0.717, 1.165) is 27.0 Å². The first-order valence-corrected chi connectivity index (χ1v) is 19.4. The number of hydrogen-bond acceptors (Lipinski definition) is 5. The number of nitrogens with zero attached hydrogens (tertiary/aromatic N) is 2. The van der Waals surface area contributed by atoms with Crippen molar-refractivity contribution in [1.82, 2.24) is 9.97 Å². The average molecular weight is 703 g/mol. The van der Waals surface area contributed by atoms with Gasteiger partial charge in [-0.3, -0.25) is 0 Å². The summed E-state index contributed by atoms with van der Waals surface area (Å²) in [6.45, 7) is 0. The first-order chi connectivity index (χ1) is 25.3. The smallest absolute Gasteiger partial charge is 0.143 e. The van der Waals surface area contributed by atoms with Crippen LogP contribution in [0.3, 0.4) is 0 Å². The van der Waals surface area contributed by atoms with E-state index in [1.807, 2.05) is 28.9 Å². The van der Waals surface area contributed by atoms with Gasteiger partial charge in [0.05, 0.1) is 11.9 Å². The van der Waals surface area contributed by atoms with Crippen molar-refractivity contribution in [3.05, 3.63) is 158 Å². The van der Waals surface area contributed by atoms with Crippen molar-refractivity contribution < 1.29 is 0 Å². The van der Waals surface area contributed by atoms with Crippen LogP contribution in [0.15, 0.2) is 158 Å². The lowest BCUT2D eigenvalue weighted by Crippen LogP contribution is -1.87. The Bertz CT molecular complexity index is 3160. The monoisotopic (exact) mass is 702 g/mol. The van der Waals surface area contributed by atoms with Gasteiger partial charge >= 0.3 is 0 Å². The second kappa shape index (κ2) is 11.4. The Morgan fingerprint density at radius 2 is 0.824 bits per heavy atom. The first-order valence-electron chi connectivity index (χ1n) is 17.0. The van der Waals surface area contributed by atoms with Gasteiger partial charge in [0.2, 0.25) is 0 Å². The van der Waals surface area contributed by atoms with E-state index in [-0.39, 0.29) is 0 Å². The van der Waals surface area contributed by atoms with Crippen molar-refractivity contribution in [3.8, 4) is 44.6 Å². The van der Waals surface area contributed by atoms with Crippen LogP contribution < -0.4 is 0 Å². The molecule has 0 aliphatic carbocycles. The predicted octanol–water partition coefficient (Wildman–Crippen LogP) is 14.2. The molecule has 0 N–H and O–H groups in total. The van der Waals surface area contributed by atoms with Crippen molar-refractivity contribution >= 4 is 94.8 Å². The quantitative estimate of drug-likeness (QED) is 0.182. The van der Waals surface area contributed by atoms with Gasteiger partial charge in [-0.15, -0.1) is 34.0 Å². The normalized spacial score (nSPS) is 11.9. The lowest BCUT2D eigenvalue weighted by atomic mass is 9.97. The molecule has 2 nitrogen and oxygen atoms in total. The molecule has 0 aliphatic rings. The summed E-state index contributed by atoms with van der Waals surface area (Å²) in [5.74, 6) is 0. The fourth-order valence-corrected chi connectivity index (χ4v) is 11.2. The van der Waals surface area contributed by atoms with Crippen LogP contribution in [0, 0.1) is 0 Å². The zero-order chi connectivity index (χ0) is 33.5. The molecule has 51 heavy (non-hydrogen) atoms. The Labute approximate surface area is 305 Å². The highest BCUT2D eigenvalue weighted by Crippen LogP contribution is 2.44. The summed E-state index contributed by atoms with van der Waals surface area (Å²) in [6, 6.07) is 55.0. The molecule has 11 aromatic rings. The summed E-state index contributed by atoms with van der Waals surface area (Å²) in [5, 5.41) is 6.41. The van der Waals surface area contributed by atoms with Crippen molar-refractivity contribution in [3.63, 3.8) is 0 Å². The van der Waals surface area contributed by atoms with Gasteiger partial charge < -0.3 is 0 Å². The average Bonchev–Trinajstić information content (AvgIpc) is 3.89. The van der Waals surface area contributed by atoms with Gasteiger partial charge in [-0.05, 0) is 57.6 Å². The molecule has 4 heterocycles. The van der Waals surface area contributed by atoms with Crippen LogP contribution in [0.4, 0.5) is 0 Å². The Hall–Kier alpha value is -5.72. The highest BCUT2D eigenvalue weighted by atomic mass is 32.1. The predicted molar refractivity (Wildman–Crippen MR) is 222 cm³/mol. The third kappa shape index (κ3) is 4.59. The van der Waals surface area contributed by atoms with Crippen molar-refractivity contribution in [1.29, 1.82) is 0 Å². The lowest BCUT2D eigenvalue weighted by molar-refractivity contribution is 1.32. The van der Waals surface area contributed by atoms with E-state index in [1.165, 1.54) is 78.4 Å². The lowest BCUT2D eigenvalue weighted by Gasteiger charge is -2.08. The van der Waals surface area contributed by atoms with E-state index >= 15 is 0 Å². The summed E-state index contributed by atoms with van der Waals surface area (Å²) >= 11 is 5.47. The minimum Gasteiger partial charge on any atom is -0.243 e. The number of fused-ring (bicyclic) bond motifs is 9. The molecular weight excluding hydrogens is 677 g/mol. The molecule has 0 amide bonds. The fourth-order valence-electron chi connectivity index (χ4n) is 7.57. The molecule has 0 atom stereocenters. The second-order valence-electron chi connectivity index (χ2n) is 12.9. The number of benzene rings is 7. The summed E-state index contributed by atoms with van der Waals surface area (Å²) in [5.41, 5.74) is 10.3. The number of rotatable bonds is 4. The topological polar surface area (TPSA) is 25.8 Å². The molecule has 0 unspecified atom stereocenters. The fraction of sp³-hybridized carbons (Fsp3) is 0. The van der Waals surface area contributed by atoms with Crippen LogP contribution in [-0.4, -0.2) is 9.97 Å². The van der Waals surface area contributed by atoms with Crippen molar-refractivity contribution in [2.45, 2.75) is 0 Å². The SMILES string of the molecule is c1cc(-c2cnc3sc4c(-c5cccc(-c6cccc7c6sc6ccccc67)c5)cccc4c3n2)cc(-c2cccc3c2sc2ccccc23)c1. The van der Waals surface area contributed by atoms with Crippen LogP contribution >= 0.6 is 34.0 Å². The molecule has 0 bridgehead atoms. The van der Waals surface area contributed by atoms with E-state index in [2.05, 4.69) is 152 Å². The second-order valence-corrected chi connectivity index (χ2v) is 16.0.